The molecule has 1 heterocycles. The fourth-order valence-electron chi connectivity index (χ4n) is 1.51. The molecule has 0 aliphatic rings. The van der Waals surface area contributed by atoms with Crippen LogP contribution >= 0.6 is 39.9 Å². The van der Waals surface area contributed by atoms with Crippen molar-refractivity contribution in [3.8, 4) is 0 Å². The lowest BCUT2D eigenvalue weighted by molar-refractivity contribution is 0.285. The highest BCUT2D eigenvalue weighted by Gasteiger charge is 2.11. The van der Waals surface area contributed by atoms with E-state index < -0.39 is 0 Å². The second-order valence-corrected chi connectivity index (χ2v) is 5.13. The number of halogens is 1. The number of rotatable bonds is 2. The minimum absolute atomic E-state index is 0.105. The second-order valence-electron chi connectivity index (χ2n) is 2.95. The predicted molar refractivity (Wildman–Crippen MR) is 67.6 cm³/mol. The number of thiophene rings is 1. The number of alkyl halides is 1. The van der Waals surface area contributed by atoms with Gasteiger partial charge in [0.05, 0.1) is 6.61 Å². The average molecular weight is 289 g/mol. The molecule has 0 saturated carbocycles. The van der Waals surface area contributed by atoms with Gasteiger partial charge in [-0.05, 0) is 17.7 Å². The van der Waals surface area contributed by atoms with Gasteiger partial charge in [0, 0.05) is 25.2 Å². The number of fused-ring (bicyclic) bond motifs is 1. The summed E-state index contributed by atoms with van der Waals surface area (Å²) in [5, 5.41) is 11.1. The van der Waals surface area contributed by atoms with Gasteiger partial charge in [-0.25, -0.2) is 0 Å². The summed E-state index contributed by atoms with van der Waals surface area (Å²) in [6.45, 7) is 0.105. The van der Waals surface area contributed by atoms with E-state index in [4.69, 9.17) is 0 Å². The number of aliphatic hydroxyl groups is 1. The third kappa shape index (κ3) is 1.60. The topological polar surface area (TPSA) is 20.2 Å². The van der Waals surface area contributed by atoms with Gasteiger partial charge >= 0.3 is 0 Å². The van der Waals surface area contributed by atoms with Crippen LogP contribution in [0.3, 0.4) is 0 Å². The molecule has 2 rings (SSSR count). The minimum atomic E-state index is 0.105. The zero-order valence-electron chi connectivity index (χ0n) is 7.33. The van der Waals surface area contributed by atoms with Crippen LogP contribution in [0.5, 0.6) is 0 Å². The Hall–Kier alpha value is -0.0300. The lowest BCUT2D eigenvalue weighted by atomic mass is 10.1. The van der Waals surface area contributed by atoms with Gasteiger partial charge in [0.1, 0.15) is 0 Å². The maximum Gasteiger partial charge on any atom is 0.0777 e. The first-order chi connectivity index (χ1) is 6.77. The number of aliphatic hydroxyl groups excluding tert-OH is 1. The fourth-order valence-corrected chi connectivity index (χ4v) is 3.84. The summed E-state index contributed by atoms with van der Waals surface area (Å²) in [7, 11) is 0. The molecule has 0 aliphatic carbocycles. The summed E-state index contributed by atoms with van der Waals surface area (Å²) in [5.74, 6) is 0. The summed E-state index contributed by atoms with van der Waals surface area (Å²) in [5.41, 5.74) is 1.16. The molecule has 4 heteroatoms. The summed E-state index contributed by atoms with van der Waals surface area (Å²) in [6, 6.07) is 6.02. The number of hydrogen-bond acceptors (Lipinski definition) is 3. The average Bonchev–Trinajstić information content (AvgIpc) is 2.56. The van der Waals surface area contributed by atoms with E-state index in [-0.39, 0.29) is 6.61 Å². The maximum atomic E-state index is 9.21. The Balaban J connectivity index is 2.81. The lowest BCUT2D eigenvalue weighted by Crippen LogP contribution is -1.84. The standard InChI is InChI=1S/C10H9BrOS2/c11-4-6-9(5-12)14-8-3-1-2-7(13)10(6)8/h1-3,12-13H,4-5H2. The van der Waals surface area contributed by atoms with Crippen LogP contribution in [-0.4, -0.2) is 5.11 Å². The van der Waals surface area contributed by atoms with Gasteiger partial charge in [0.15, 0.2) is 0 Å². The Labute approximate surface area is 100 Å². The summed E-state index contributed by atoms with van der Waals surface area (Å²) < 4.78 is 1.19. The first-order valence-corrected chi connectivity index (χ1v) is 6.55. The molecule has 0 fully saturated rings. The zero-order chi connectivity index (χ0) is 10.1. The molecule has 0 spiro atoms. The summed E-state index contributed by atoms with van der Waals surface area (Å²) in [6.07, 6.45) is 0. The summed E-state index contributed by atoms with van der Waals surface area (Å²) >= 11 is 9.51. The van der Waals surface area contributed by atoms with Crippen LogP contribution in [0.1, 0.15) is 10.4 Å². The van der Waals surface area contributed by atoms with E-state index >= 15 is 0 Å². The molecule has 0 bridgehead atoms. The van der Waals surface area contributed by atoms with Crippen LogP contribution in [0.2, 0.25) is 0 Å². The SMILES string of the molecule is OCc1sc2cccc(S)c2c1CBr. The smallest absolute Gasteiger partial charge is 0.0777 e. The van der Waals surface area contributed by atoms with Crippen molar-refractivity contribution in [2.45, 2.75) is 16.8 Å². The van der Waals surface area contributed by atoms with Crippen LogP contribution < -0.4 is 0 Å². The molecule has 0 unspecified atom stereocenters. The highest BCUT2D eigenvalue weighted by Crippen LogP contribution is 2.36. The van der Waals surface area contributed by atoms with Gasteiger partial charge < -0.3 is 5.11 Å². The molecule has 0 aliphatic heterocycles. The third-order valence-corrected chi connectivity index (χ3v) is 4.27. The van der Waals surface area contributed by atoms with Gasteiger partial charge in [-0.15, -0.1) is 24.0 Å². The van der Waals surface area contributed by atoms with E-state index in [1.54, 1.807) is 11.3 Å². The van der Waals surface area contributed by atoms with E-state index in [2.05, 4.69) is 34.6 Å². The van der Waals surface area contributed by atoms with Crippen molar-refractivity contribution in [2.75, 3.05) is 0 Å². The maximum absolute atomic E-state index is 9.21. The Morgan fingerprint density at radius 1 is 1.43 bits per heavy atom. The van der Waals surface area contributed by atoms with Crippen molar-refractivity contribution >= 4 is 50.0 Å². The van der Waals surface area contributed by atoms with Gasteiger partial charge in [-0.2, -0.15) is 0 Å². The van der Waals surface area contributed by atoms with Gasteiger partial charge in [-0.3, -0.25) is 0 Å². The Kier molecular flexibility index (Phi) is 3.17. The lowest BCUT2D eigenvalue weighted by Gasteiger charge is -1.99. The second kappa shape index (κ2) is 4.23. The molecule has 1 aromatic heterocycles. The first kappa shape index (κ1) is 10.5. The minimum Gasteiger partial charge on any atom is -0.391 e. The van der Waals surface area contributed by atoms with E-state index in [1.165, 1.54) is 10.1 Å². The Bertz CT molecular complexity index is 464. The molecule has 0 radical (unpaired) electrons. The molecule has 74 valence electrons. The molecular weight excluding hydrogens is 280 g/mol. The molecule has 1 nitrogen and oxygen atoms in total. The van der Waals surface area contributed by atoms with Crippen LogP contribution in [-0.2, 0) is 11.9 Å². The van der Waals surface area contributed by atoms with Crippen molar-refractivity contribution in [3.05, 3.63) is 28.6 Å². The molecule has 1 aromatic carbocycles. The Morgan fingerprint density at radius 2 is 2.21 bits per heavy atom. The van der Waals surface area contributed by atoms with Crippen molar-refractivity contribution in [3.63, 3.8) is 0 Å². The van der Waals surface area contributed by atoms with Crippen molar-refractivity contribution < 1.29 is 5.11 Å². The van der Waals surface area contributed by atoms with Crippen molar-refractivity contribution in [1.82, 2.24) is 0 Å². The monoisotopic (exact) mass is 288 g/mol. The van der Waals surface area contributed by atoms with Crippen molar-refractivity contribution in [1.29, 1.82) is 0 Å². The first-order valence-electron chi connectivity index (χ1n) is 4.17. The van der Waals surface area contributed by atoms with E-state index in [0.717, 1.165) is 20.7 Å². The van der Waals surface area contributed by atoms with Gasteiger partial charge in [0.25, 0.3) is 0 Å². The van der Waals surface area contributed by atoms with Crippen LogP contribution in [0.4, 0.5) is 0 Å². The summed E-state index contributed by atoms with van der Waals surface area (Å²) in [4.78, 5) is 2.01. The highest BCUT2D eigenvalue weighted by atomic mass is 79.9. The molecule has 0 atom stereocenters. The fraction of sp³-hybridized carbons (Fsp3) is 0.200. The zero-order valence-corrected chi connectivity index (χ0v) is 10.6. The third-order valence-electron chi connectivity index (χ3n) is 2.15. The van der Waals surface area contributed by atoms with E-state index in [1.807, 2.05) is 12.1 Å². The Morgan fingerprint density at radius 3 is 2.86 bits per heavy atom. The van der Waals surface area contributed by atoms with Crippen LogP contribution in [0.25, 0.3) is 10.1 Å². The number of hydrogen-bond donors (Lipinski definition) is 2. The normalized spacial score (nSPS) is 11.1. The molecule has 0 saturated heterocycles. The number of thiol groups is 1. The molecule has 2 aromatic rings. The highest BCUT2D eigenvalue weighted by molar-refractivity contribution is 9.08. The largest absolute Gasteiger partial charge is 0.391 e. The van der Waals surface area contributed by atoms with Crippen molar-refractivity contribution in [2.24, 2.45) is 0 Å². The molecule has 1 N–H and O–H groups in total. The van der Waals surface area contributed by atoms with Crippen LogP contribution in [0, 0.1) is 0 Å². The predicted octanol–water partition coefficient (Wildman–Crippen LogP) is 3.58. The molecule has 0 amide bonds. The van der Waals surface area contributed by atoms with E-state index in [0.29, 0.717) is 0 Å². The quantitative estimate of drug-likeness (QED) is 0.639. The van der Waals surface area contributed by atoms with E-state index in [9.17, 15) is 5.11 Å². The van der Waals surface area contributed by atoms with Crippen LogP contribution in [0.15, 0.2) is 23.1 Å². The number of benzene rings is 1. The van der Waals surface area contributed by atoms with Gasteiger partial charge in [-0.1, -0.05) is 22.0 Å². The molecular formula is C10H9BrOS2. The molecule has 14 heavy (non-hydrogen) atoms. The van der Waals surface area contributed by atoms with Gasteiger partial charge in [0.2, 0.25) is 0 Å².